The average Bonchev–Trinajstić information content (AvgIpc) is 3.09. The van der Waals surface area contributed by atoms with E-state index in [9.17, 15) is 18.5 Å². The molecule has 10 nitrogen and oxygen atoms in total. The molecule has 1 aliphatic rings. The number of anilines is 1. The minimum absolute atomic E-state index is 0.0128. The van der Waals surface area contributed by atoms with Crippen molar-refractivity contribution in [3.8, 4) is 6.07 Å². The van der Waals surface area contributed by atoms with Gasteiger partial charge in [0.05, 0.1) is 23.6 Å². The Morgan fingerprint density at radius 3 is 2.62 bits per heavy atom. The molecule has 0 atom stereocenters. The molecule has 1 saturated heterocycles. The van der Waals surface area contributed by atoms with Gasteiger partial charge in [-0.1, -0.05) is 0 Å². The van der Waals surface area contributed by atoms with E-state index in [1.54, 1.807) is 23.9 Å². The Bertz CT molecular complexity index is 1060. The van der Waals surface area contributed by atoms with Gasteiger partial charge in [0.25, 0.3) is 0 Å². The zero-order valence-electron chi connectivity index (χ0n) is 16.2. The van der Waals surface area contributed by atoms with Crippen molar-refractivity contribution in [1.82, 2.24) is 19.7 Å². The number of nitrogens with zero attached hydrogens (tertiary/aromatic N) is 5. The molecule has 0 aliphatic carbocycles. The van der Waals surface area contributed by atoms with Crippen LogP contribution in [-0.4, -0.2) is 58.6 Å². The Morgan fingerprint density at radius 2 is 2.07 bits per heavy atom. The molecule has 2 aromatic heterocycles. The number of rotatable bonds is 5. The third-order valence-electron chi connectivity index (χ3n) is 4.97. The van der Waals surface area contributed by atoms with E-state index in [1.165, 1.54) is 11.0 Å². The Balaban J connectivity index is 1.72. The topological polar surface area (TPSA) is 141 Å². The molecule has 0 spiro atoms. The molecule has 1 aliphatic heterocycles. The van der Waals surface area contributed by atoms with Crippen molar-refractivity contribution in [2.24, 2.45) is 0 Å². The molecule has 29 heavy (non-hydrogen) atoms. The van der Waals surface area contributed by atoms with Gasteiger partial charge in [0.15, 0.2) is 14.9 Å². The summed E-state index contributed by atoms with van der Waals surface area (Å²) < 4.78 is 24.9. The molecular weight excluding hydrogens is 396 g/mol. The van der Waals surface area contributed by atoms with Crippen LogP contribution in [0.1, 0.15) is 35.8 Å². The van der Waals surface area contributed by atoms with Crippen LogP contribution in [0.25, 0.3) is 0 Å². The Kier molecular flexibility index (Phi) is 5.74. The fraction of sp³-hybridized carbons (Fsp3) is 0.444. The van der Waals surface area contributed by atoms with Crippen LogP contribution in [0.4, 0.5) is 10.5 Å². The fourth-order valence-electron chi connectivity index (χ4n) is 3.35. The summed E-state index contributed by atoms with van der Waals surface area (Å²) in [5.41, 5.74) is 2.35. The minimum atomic E-state index is -3.37. The van der Waals surface area contributed by atoms with Gasteiger partial charge in [-0.05, 0) is 31.9 Å². The van der Waals surface area contributed by atoms with Gasteiger partial charge in [0.2, 0.25) is 0 Å². The zero-order chi connectivity index (χ0) is 21.2. The van der Waals surface area contributed by atoms with Crippen LogP contribution in [-0.2, 0) is 16.4 Å². The number of piperidine rings is 1. The number of aromatic nitrogens is 3. The number of carboxylic acid groups (broad SMARTS) is 1. The lowest BCUT2D eigenvalue weighted by Gasteiger charge is -2.30. The van der Waals surface area contributed by atoms with Gasteiger partial charge in [0, 0.05) is 31.5 Å². The van der Waals surface area contributed by atoms with E-state index >= 15 is 0 Å². The molecule has 3 rings (SSSR count). The van der Waals surface area contributed by atoms with E-state index in [0.717, 1.165) is 6.26 Å². The van der Waals surface area contributed by atoms with Crippen molar-refractivity contribution in [1.29, 1.82) is 5.26 Å². The number of likely N-dealkylation sites (tertiary alicyclic amines) is 1. The first kappa shape index (κ1) is 20.6. The molecule has 2 aromatic rings. The highest BCUT2D eigenvalue weighted by atomic mass is 32.2. The number of aryl methyl sites for hydroxylation is 1. The lowest BCUT2D eigenvalue weighted by Crippen LogP contribution is -2.38. The number of nitrogens with one attached hydrogen (secondary N) is 1. The van der Waals surface area contributed by atoms with Crippen molar-refractivity contribution in [2.45, 2.75) is 37.4 Å². The summed E-state index contributed by atoms with van der Waals surface area (Å²) >= 11 is 0. The summed E-state index contributed by atoms with van der Waals surface area (Å²) in [6.07, 6.45) is 3.01. The molecule has 0 saturated carbocycles. The highest BCUT2D eigenvalue weighted by Gasteiger charge is 2.26. The number of hydrogen-bond acceptors (Lipinski definition) is 7. The van der Waals surface area contributed by atoms with Crippen LogP contribution in [0.2, 0.25) is 0 Å². The van der Waals surface area contributed by atoms with Gasteiger partial charge in [-0.15, -0.1) is 0 Å². The Morgan fingerprint density at radius 1 is 1.38 bits per heavy atom. The summed E-state index contributed by atoms with van der Waals surface area (Å²) in [7, 11) is -3.37. The number of hydrogen-bond donors (Lipinski definition) is 2. The lowest BCUT2D eigenvalue weighted by atomic mass is 10.1. The predicted molar refractivity (Wildman–Crippen MR) is 104 cm³/mol. The minimum Gasteiger partial charge on any atom is -0.465 e. The SMILES string of the molecule is Cc1nc(S(C)(=O)=O)ccc1NCc1cnn(C2CCN(C(=O)O)CC2)c1C#N. The van der Waals surface area contributed by atoms with Gasteiger partial charge in [-0.2, -0.15) is 10.4 Å². The van der Waals surface area contributed by atoms with Crippen LogP contribution in [0, 0.1) is 18.3 Å². The second-order valence-electron chi connectivity index (χ2n) is 6.98. The van der Waals surface area contributed by atoms with Crippen LogP contribution in [0.15, 0.2) is 23.4 Å². The molecule has 3 heterocycles. The van der Waals surface area contributed by atoms with Crippen LogP contribution < -0.4 is 5.32 Å². The molecule has 2 N–H and O–H groups in total. The maximum Gasteiger partial charge on any atom is 0.407 e. The van der Waals surface area contributed by atoms with Crippen molar-refractivity contribution >= 4 is 21.6 Å². The largest absolute Gasteiger partial charge is 0.465 e. The fourth-order valence-corrected chi connectivity index (χ4v) is 3.97. The average molecular weight is 418 g/mol. The summed E-state index contributed by atoms with van der Waals surface area (Å²) in [6, 6.07) is 5.26. The standard InChI is InChI=1S/C18H22N6O4S/c1-12-15(3-4-17(22-12)29(2,27)28)20-10-13-11-21-24(16(13)9-19)14-5-7-23(8-6-14)18(25)26/h3-4,11,14,20H,5-8,10H2,1-2H3,(H,25,26). The first-order valence-corrected chi connectivity index (χ1v) is 11.0. The number of nitriles is 1. The molecule has 1 amide bonds. The molecule has 11 heteroatoms. The second kappa shape index (κ2) is 8.08. The third kappa shape index (κ3) is 4.48. The first-order valence-electron chi connectivity index (χ1n) is 9.06. The molecule has 0 bridgehead atoms. The van der Waals surface area contributed by atoms with E-state index < -0.39 is 15.9 Å². The Hall–Kier alpha value is -3.13. The normalized spacial score (nSPS) is 15.1. The van der Waals surface area contributed by atoms with Crippen molar-refractivity contribution in [3.05, 3.63) is 35.3 Å². The highest BCUT2D eigenvalue weighted by Crippen LogP contribution is 2.25. The molecular formula is C18H22N6O4S. The number of carbonyl (C=O) groups is 1. The van der Waals surface area contributed by atoms with Crippen molar-refractivity contribution in [2.75, 3.05) is 24.7 Å². The Labute approximate surface area is 168 Å². The van der Waals surface area contributed by atoms with Crippen molar-refractivity contribution < 1.29 is 18.3 Å². The highest BCUT2D eigenvalue weighted by molar-refractivity contribution is 7.90. The molecule has 0 aromatic carbocycles. The number of amides is 1. The van der Waals surface area contributed by atoms with Crippen LogP contribution in [0.5, 0.6) is 0 Å². The smallest absolute Gasteiger partial charge is 0.407 e. The van der Waals surface area contributed by atoms with E-state index in [4.69, 9.17) is 5.11 Å². The maximum absolute atomic E-state index is 11.6. The monoisotopic (exact) mass is 418 g/mol. The summed E-state index contributed by atoms with van der Waals surface area (Å²) in [6.45, 7) is 2.87. The zero-order valence-corrected chi connectivity index (χ0v) is 17.0. The molecule has 0 radical (unpaired) electrons. The van der Waals surface area contributed by atoms with Crippen molar-refractivity contribution in [3.63, 3.8) is 0 Å². The van der Waals surface area contributed by atoms with E-state index in [-0.39, 0.29) is 11.1 Å². The maximum atomic E-state index is 11.6. The number of pyridine rings is 1. The predicted octanol–water partition coefficient (Wildman–Crippen LogP) is 1.79. The second-order valence-corrected chi connectivity index (χ2v) is 8.95. The quantitative estimate of drug-likeness (QED) is 0.748. The summed E-state index contributed by atoms with van der Waals surface area (Å²) in [5.74, 6) is 0. The molecule has 1 fully saturated rings. The summed E-state index contributed by atoms with van der Waals surface area (Å²) in [4.78, 5) is 16.5. The third-order valence-corrected chi connectivity index (χ3v) is 5.95. The first-order chi connectivity index (χ1) is 13.7. The lowest BCUT2D eigenvalue weighted by molar-refractivity contribution is 0.123. The van der Waals surface area contributed by atoms with E-state index in [1.807, 2.05) is 0 Å². The molecule has 0 unspecified atom stereocenters. The van der Waals surface area contributed by atoms with Gasteiger partial charge >= 0.3 is 6.09 Å². The molecule has 154 valence electrons. The van der Waals surface area contributed by atoms with E-state index in [0.29, 0.717) is 55.1 Å². The van der Waals surface area contributed by atoms with Gasteiger partial charge in [0.1, 0.15) is 11.8 Å². The van der Waals surface area contributed by atoms with Crippen LogP contribution in [0.3, 0.4) is 0 Å². The van der Waals surface area contributed by atoms with Crippen LogP contribution >= 0.6 is 0 Å². The van der Waals surface area contributed by atoms with Gasteiger partial charge < -0.3 is 15.3 Å². The summed E-state index contributed by atoms with van der Waals surface area (Å²) in [5, 5.41) is 26.2. The van der Waals surface area contributed by atoms with E-state index in [2.05, 4.69) is 21.5 Å². The van der Waals surface area contributed by atoms with Gasteiger partial charge in [-0.3, -0.25) is 4.68 Å². The number of sulfone groups is 1. The van der Waals surface area contributed by atoms with Gasteiger partial charge in [-0.25, -0.2) is 18.2 Å².